The van der Waals surface area contributed by atoms with Gasteiger partial charge in [0.1, 0.15) is 5.69 Å². The maximum atomic E-state index is 12.0. The van der Waals surface area contributed by atoms with E-state index in [0.717, 1.165) is 14.4 Å². The van der Waals surface area contributed by atoms with Crippen LogP contribution in [0.2, 0.25) is 0 Å². The van der Waals surface area contributed by atoms with Crippen LogP contribution in [0, 0.1) is 0 Å². The van der Waals surface area contributed by atoms with Crippen molar-refractivity contribution in [2.75, 3.05) is 5.32 Å². The summed E-state index contributed by atoms with van der Waals surface area (Å²) in [5, 5.41) is 5.25. The third kappa shape index (κ3) is 2.95. The fourth-order valence-electron chi connectivity index (χ4n) is 1.55. The van der Waals surface area contributed by atoms with Crippen molar-refractivity contribution in [3.63, 3.8) is 0 Å². The monoisotopic (exact) mass is 365 g/mol. The van der Waals surface area contributed by atoms with Crippen LogP contribution in [0.25, 0.3) is 10.6 Å². The van der Waals surface area contributed by atoms with Gasteiger partial charge in [0.2, 0.25) is 0 Å². The largest absolute Gasteiger partial charge is 0.296 e. The molecule has 0 fully saturated rings. The van der Waals surface area contributed by atoms with Crippen LogP contribution in [-0.2, 0) is 0 Å². The van der Waals surface area contributed by atoms with Gasteiger partial charge >= 0.3 is 0 Å². The molecule has 0 bridgehead atoms. The topological polar surface area (TPSA) is 54.9 Å². The quantitative estimate of drug-likeness (QED) is 0.753. The molecule has 20 heavy (non-hydrogen) atoms. The van der Waals surface area contributed by atoms with Crippen LogP contribution in [0.1, 0.15) is 10.5 Å². The lowest BCUT2D eigenvalue weighted by molar-refractivity contribution is 0.102. The second-order valence-electron chi connectivity index (χ2n) is 3.81. The summed E-state index contributed by atoms with van der Waals surface area (Å²) in [5.74, 6) is -0.251. The van der Waals surface area contributed by atoms with Crippen molar-refractivity contribution in [3.05, 3.63) is 51.4 Å². The Labute approximate surface area is 131 Å². The van der Waals surface area contributed by atoms with Gasteiger partial charge in [-0.05, 0) is 40.2 Å². The molecule has 4 nitrogen and oxygen atoms in total. The van der Waals surface area contributed by atoms with Gasteiger partial charge in [-0.2, -0.15) is 0 Å². The zero-order valence-electron chi connectivity index (χ0n) is 10.0. The molecule has 0 unspecified atom stereocenters. The average Bonchev–Trinajstić information content (AvgIpc) is 3.09. The summed E-state index contributed by atoms with van der Waals surface area (Å²) in [6.45, 7) is 0. The van der Waals surface area contributed by atoms with Crippen molar-refractivity contribution in [1.82, 2.24) is 9.97 Å². The summed E-state index contributed by atoms with van der Waals surface area (Å²) in [6.07, 6.45) is 1.59. The van der Waals surface area contributed by atoms with Crippen molar-refractivity contribution in [2.45, 2.75) is 0 Å². The number of rotatable bonds is 3. The molecule has 0 spiro atoms. The number of thiazole rings is 1. The smallest absolute Gasteiger partial charge is 0.276 e. The second-order valence-corrected chi connectivity index (χ2v) is 7.13. The zero-order valence-corrected chi connectivity index (χ0v) is 13.3. The molecule has 3 heterocycles. The van der Waals surface area contributed by atoms with E-state index in [1.807, 2.05) is 17.5 Å². The molecule has 1 amide bonds. The summed E-state index contributed by atoms with van der Waals surface area (Å²) < 4.78 is 1.06. The molecule has 100 valence electrons. The first-order chi connectivity index (χ1) is 9.72. The lowest BCUT2D eigenvalue weighted by atomic mass is 10.3. The minimum atomic E-state index is -0.251. The number of halogens is 1. The van der Waals surface area contributed by atoms with Gasteiger partial charge in [0.05, 0.1) is 14.4 Å². The van der Waals surface area contributed by atoms with E-state index < -0.39 is 0 Å². The van der Waals surface area contributed by atoms with Crippen molar-refractivity contribution >= 4 is 49.6 Å². The SMILES string of the molecule is O=C(Nc1nc(-c2ccc(Br)s2)cs1)c1ccccn1. The van der Waals surface area contributed by atoms with Crippen LogP contribution in [0.3, 0.4) is 0 Å². The van der Waals surface area contributed by atoms with E-state index in [-0.39, 0.29) is 5.91 Å². The maximum absolute atomic E-state index is 12.0. The van der Waals surface area contributed by atoms with E-state index in [2.05, 4.69) is 31.2 Å². The molecule has 0 saturated heterocycles. The molecule has 0 atom stereocenters. The first-order valence-electron chi connectivity index (χ1n) is 5.66. The fraction of sp³-hybridized carbons (Fsp3) is 0. The van der Waals surface area contributed by atoms with E-state index in [9.17, 15) is 4.79 Å². The summed E-state index contributed by atoms with van der Waals surface area (Å²) in [6, 6.07) is 9.19. The average molecular weight is 366 g/mol. The van der Waals surface area contributed by atoms with Gasteiger partial charge in [0.15, 0.2) is 5.13 Å². The number of carbonyl (C=O) groups is 1. The van der Waals surface area contributed by atoms with Crippen molar-refractivity contribution in [3.8, 4) is 10.6 Å². The van der Waals surface area contributed by atoms with Gasteiger partial charge in [-0.3, -0.25) is 15.1 Å². The number of pyridine rings is 1. The Morgan fingerprint density at radius 2 is 2.15 bits per heavy atom. The highest BCUT2D eigenvalue weighted by Gasteiger charge is 2.11. The molecular formula is C13H8BrN3OS2. The molecule has 0 aromatic carbocycles. The van der Waals surface area contributed by atoms with Crippen LogP contribution in [0.15, 0.2) is 45.7 Å². The van der Waals surface area contributed by atoms with Crippen molar-refractivity contribution < 1.29 is 4.79 Å². The Kier molecular flexibility index (Phi) is 3.90. The number of nitrogens with zero attached hydrogens (tertiary/aromatic N) is 2. The number of carbonyl (C=O) groups excluding carboxylic acids is 1. The molecule has 7 heteroatoms. The van der Waals surface area contributed by atoms with Crippen LogP contribution in [-0.4, -0.2) is 15.9 Å². The molecule has 1 N–H and O–H groups in total. The molecule has 0 aliphatic heterocycles. The first-order valence-corrected chi connectivity index (χ1v) is 8.15. The molecule has 3 rings (SSSR count). The lowest BCUT2D eigenvalue weighted by Gasteiger charge is -1.99. The van der Waals surface area contributed by atoms with Crippen molar-refractivity contribution in [1.29, 1.82) is 0 Å². The number of aromatic nitrogens is 2. The van der Waals surface area contributed by atoms with E-state index in [1.165, 1.54) is 11.3 Å². The summed E-state index contributed by atoms with van der Waals surface area (Å²) >= 11 is 6.43. The highest BCUT2D eigenvalue weighted by atomic mass is 79.9. The molecule has 0 aliphatic carbocycles. The lowest BCUT2D eigenvalue weighted by Crippen LogP contribution is -2.13. The Morgan fingerprint density at radius 1 is 1.25 bits per heavy atom. The maximum Gasteiger partial charge on any atom is 0.276 e. The van der Waals surface area contributed by atoms with Gasteiger partial charge in [0, 0.05) is 11.6 Å². The Balaban J connectivity index is 1.76. The van der Waals surface area contributed by atoms with Gasteiger partial charge in [-0.1, -0.05) is 6.07 Å². The first kappa shape index (κ1) is 13.4. The number of anilines is 1. The standard InChI is InChI=1S/C13H8BrN3OS2/c14-11-5-4-10(20-11)9-7-19-13(16-9)17-12(18)8-3-1-2-6-15-8/h1-7H,(H,16,17,18). The molecule has 3 aromatic heterocycles. The molecule has 0 radical (unpaired) electrons. The van der Waals surface area contributed by atoms with Gasteiger partial charge in [-0.15, -0.1) is 22.7 Å². The minimum Gasteiger partial charge on any atom is -0.296 e. The molecule has 0 saturated carbocycles. The number of hydrogen-bond acceptors (Lipinski definition) is 5. The minimum absolute atomic E-state index is 0.251. The van der Waals surface area contributed by atoms with E-state index in [0.29, 0.717) is 10.8 Å². The van der Waals surface area contributed by atoms with Crippen LogP contribution in [0.5, 0.6) is 0 Å². The third-order valence-corrected chi connectivity index (χ3v) is 4.85. The number of amides is 1. The third-order valence-electron chi connectivity index (χ3n) is 2.45. The van der Waals surface area contributed by atoms with Crippen LogP contribution < -0.4 is 5.32 Å². The summed E-state index contributed by atoms with van der Waals surface area (Å²) in [5.41, 5.74) is 1.24. The fourth-order valence-corrected chi connectivity index (χ4v) is 3.68. The van der Waals surface area contributed by atoms with Crippen LogP contribution >= 0.6 is 38.6 Å². The van der Waals surface area contributed by atoms with Gasteiger partial charge in [0.25, 0.3) is 5.91 Å². The highest BCUT2D eigenvalue weighted by Crippen LogP contribution is 2.33. The normalized spacial score (nSPS) is 10.4. The summed E-state index contributed by atoms with van der Waals surface area (Å²) in [7, 11) is 0. The number of hydrogen-bond donors (Lipinski definition) is 1. The predicted octanol–water partition coefficient (Wildman–Crippen LogP) is 4.28. The molecular weight excluding hydrogens is 358 g/mol. The Morgan fingerprint density at radius 3 is 2.85 bits per heavy atom. The van der Waals surface area contributed by atoms with E-state index in [1.54, 1.807) is 35.7 Å². The Hall–Kier alpha value is -1.57. The molecule has 0 aliphatic rings. The Bertz CT molecular complexity index is 739. The predicted molar refractivity (Wildman–Crippen MR) is 85.3 cm³/mol. The van der Waals surface area contributed by atoms with Gasteiger partial charge < -0.3 is 0 Å². The number of nitrogens with one attached hydrogen (secondary N) is 1. The number of thiophene rings is 1. The second kappa shape index (κ2) is 5.82. The van der Waals surface area contributed by atoms with Crippen LogP contribution in [0.4, 0.5) is 5.13 Å². The van der Waals surface area contributed by atoms with E-state index in [4.69, 9.17) is 0 Å². The summed E-state index contributed by atoms with van der Waals surface area (Å²) in [4.78, 5) is 21.4. The van der Waals surface area contributed by atoms with Crippen molar-refractivity contribution in [2.24, 2.45) is 0 Å². The van der Waals surface area contributed by atoms with Gasteiger partial charge in [-0.25, -0.2) is 4.98 Å². The molecule has 3 aromatic rings. The van der Waals surface area contributed by atoms with E-state index >= 15 is 0 Å². The zero-order chi connectivity index (χ0) is 13.9. The highest BCUT2D eigenvalue weighted by molar-refractivity contribution is 9.11.